The van der Waals surface area contributed by atoms with Crippen molar-refractivity contribution >= 4 is 5.91 Å². The normalized spacial score (nSPS) is 12.5. The number of carbonyl (C=O) groups excluding carboxylic acids is 1. The van der Waals surface area contributed by atoms with E-state index in [0.29, 0.717) is 5.82 Å². The minimum Gasteiger partial charge on any atom is -0.345 e. The van der Waals surface area contributed by atoms with Crippen molar-refractivity contribution in [1.82, 2.24) is 20.5 Å². The Morgan fingerprint density at radius 2 is 2.46 bits per heavy atom. The minimum absolute atomic E-state index is 0.0201. The molecule has 13 heavy (non-hydrogen) atoms. The van der Waals surface area contributed by atoms with Crippen LogP contribution in [0, 0.1) is 6.92 Å². The summed E-state index contributed by atoms with van der Waals surface area (Å²) in [5.74, 6) is 1.08. The van der Waals surface area contributed by atoms with Crippen molar-refractivity contribution in [2.45, 2.75) is 19.9 Å². The number of H-pyrrole nitrogens is 1. The van der Waals surface area contributed by atoms with Gasteiger partial charge in [-0.1, -0.05) is 0 Å². The highest BCUT2D eigenvalue weighted by atomic mass is 16.1. The molecule has 1 atom stereocenters. The second-order valence-corrected chi connectivity index (χ2v) is 2.77. The van der Waals surface area contributed by atoms with Crippen LogP contribution in [-0.4, -0.2) is 27.6 Å². The van der Waals surface area contributed by atoms with Crippen molar-refractivity contribution < 1.29 is 4.79 Å². The zero-order valence-electron chi connectivity index (χ0n) is 7.66. The molecule has 6 heteroatoms. The number of aromatic nitrogens is 3. The van der Waals surface area contributed by atoms with Crippen molar-refractivity contribution in [1.29, 1.82) is 0 Å². The van der Waals surface area contributed by atoms with Gasteiger partial charge in [0.15, 0.2) is 5.82 Å². The second-order valence-electron chi connectivity index (χ2n) is 2.77. The first-order valence-corrected chi connectivity index (χ1v) is 4.02. The van der Waals surface area contributed by atoms with Crippen molar-refractivity contribution in [2.75, 3.05) is 6.54 Å². The summed E-state index contributed by atoms with van der Waals surface area (Å²) in [7, 11) is 0. The van der Waals surface area contributed by atoms with Gasteiger partial charge in [0.25, 0.3) is 0 Å². The van der Waals surface area contributed by atoms with Gasteiger partial charge in [-0.05, 0) is 13.8 Å². The van der Waals surface area contributed by atoms with Gasteiger partial charge >= 0.3 is 0 Å². The number of aromatic amines is 1. The maximum Gasteiger partial charge on any atom is 0.234 e. The third kappa shape index (κ3) is 2.51. The first-order chi connectivity index (χ1) is 6.13. The molecule has 1 rings (SSSR count). The number of nitrogens with zero attached hydrogens (tertiary/aromatic N) is 2. The van der Waals surface area contributed by atoms with Crippen LogP contribution in [0.3, 0.4) is 0 Å². The summed E-state index contributed by atoms with van der Waals surface area (Å²) in [6.07, 6.45) is 0. The van der Waals surface area contributed by atoms with E-state index >= 15 is 0 Å². The molecule has 72 valence electrons. The molecule has 1 heterocycles. The van der Waals surface area contributed by atoms with Gasteiger partial charge < -0.3 is 11.1 Å². The quantitative estimate of drug-likeness (QED) is 0.574. The summed E-state index contributed by atoms with van der Waals surface area (Å²) < 4.78 is 0. The van der Waals surface area contributed by atoms with E-state index in [1.807, 2.05) is 0 Å². The van der Waals surface area contributed by atoms with Crippen LogP contribution in [0.1, 0.15) is 24.6 Å². The van der Waals surface area contributed by atoms with Gasteiger partial charge in [0.2, 0.25) is 5.91 Å². The molecule has 0 saturated carbocycles. The Hall–Kier alpha value is -1.43. The molecule has 0 aliphatic carbocycles. The Morgan fingerprint density at radius 1 is 1.77 bits per heavy atom. The molecule has 1 unspecified atom stereocenters. The fraction of sp³-hybridized carbons (Fsp3) is 0.571. The number of nitrogens with one attached hydrogen (secondary N) is 2. The monoisotopic (exact) mass is 183 g/mol. The molecule has 1 amide bonds. The number of carbonyl (C=O) groups is 1. The SMILES string of the molecule is Cc1nc(C(C)NC(=O)CN)n[nH]1. The van der Waals surface area contributed by atoms with Crippen molar-refractivity contribution in [3.05, 3.63) is 11.6 Å². The minimum atomic E-state index is -0.213. The Bertz CT molecular complexity index is 295. The Morgan fingerprint density at radius 3 is 2.92 bits per heavy atom. The van der Waals surface area contributed by atoms with Gasteiger partial charge in [-0.25, -0.2) is 4.98 Å². The van der Waals surface area contributed by atoms with Crippen LogP contribution < -0.4 is 11.1 Å². The Balaban J connectivity index is 2.58. The van der Waals surface area contributed by atoms with Gasteiger partial charge in [-0.2, -0.15) is 5.10 Å². The maximum absolute atomic E-state index is 10.9. The summed E-state index contributed by atoms with van der Waals surface area (Å²) >= 11 is 0. The molecule has 1 aromatic heterocycles. The van der Waals surface area contributed by atoms with Crippen LogP contribution in [0.25, 0.3) is 0 Å². The van der Waals surface area contributed by atoms with Gasteiger partial charge in [-0.15, -0.1) is 0 Å². The summed E-state index contributed by atoms with van der Waals surface area (Å²) in [4.78, 5) is 15.0. The highest BCUT2D eigenvalue weighted by Gasteiger charge is 2.11. The largest absolute Gasteiger partial charge is 0.345 e. The maximum atomic E-state index is 10.9. The van der Waals surface area contributed by atoms with E-state index in [4.69, 9.17) is 5.73 Å². The van der Waals surface area contributed by atoms with Crippen LogP contribution in [-0.2, 0) is 4.79 Å². The molecule has 0 saturated heterocycles. The molecular formula is C7H13N5O. The van der Waals surface area contributed by atoms with E-state index in [0.717, 1.165) is 5.82 Å². The topological polar surface area (TPSA) is 96.7 Å². The molecule has 6 nitrogen and oxygen atoms in total. The van der Waals surface area contributed by atoms with Crippen molar-refractivity contribution in [2.24, 2.45) is 5.73 Å². The molecule has 0 aliphatic rings. The average molecular weight is 183 g/mol. The van der Waals surface area contributed by atoms with Crippen LogP contribution in [0.5, 0.6) is 0 Å². The Kier molecular flexibility index (Phi) is 2.97. The van der Waals surface area contributed by atoms with Crippen LogP contribution >= 0.6 is 0 Å². The lowest BCUT2D eigenvalue weighted by atomic mass is 10.3. The average Bonchev–Trinajstić information content (AvgIpc) is 2.51. The van der Waals surface area contributed by atoms with E-state index in [9.17, 15) is 4.79 Å². The standard InChI is InChI=1S/C7H13N5O/c1-4(9-6(13)3-8)7-10-5(2)11-12-7/h4H,3,8H2,1-2H3,(H,9,13)(H,10,11,12). The van der Waals surface area contributed by atoms with E-state index in [2.05, 4.69) is 20.5 Å². The zero-order valence-corrected chi connectivity index (χ0v) is 7.66. The molecule has 0 spiro atoms. The second kappa shape index (κ2) is 3.99. The smallest absolute Gasteiger partial charge is 0.234 e. The third-order valence-electron chi connectivity index (χ3n) is 1.56. The zero-order chi connectivity index (χ0) is 9.84. The van der Waals surface area contributed by atoms with E-state index in [1.165, 1.54) is 0 Å². The van der Waals surface area contributed by atoms with Gasteiger partial charge in [0.1, 0.15) is 5.82 Å². The highest BCUT2D eigenvalue weighted by Crippen LogP contribution is 2.04. The van der Waals surface area contributed by atoms with E-state index < -0.39 is 0 Å². The number of rotatable bonds is 3. The van der Waals surface area contributed by atoms with Crippen molar-refractivity contribution in [3.8, 4) is 0 Å². The molecule has 0 aliphatic heterocycles. The van der Waals surface area contributed by atoms with Crippen LogP contribution in [0.15, 0.2) is 0 Å². The number of nitrogens with two attached hydrogens (primary N) is 1. The molecule has 4 N–H and O–H groups in total. The predicted molar refractivity (Wildman–Crippen MR) is 46.7 cm³/mol. The Labute approximate surface area is 75.9 Å². The first-order valence-electron chi connectivity index (χ1n) is 4.02. The molecule has 0 radical (unpaired) electrons. The highest BCUT2D eigenvalue weighted by molar-refractivity contribution is 5.78. The van der Waals surface area contributed by atoms with Gasteiger partial charge in [-0.3, -0.25) is 9.89 Å². The molecule has 1 aromatic rings. The lowest BCUT2D eigenvalue weighted by Gasteiger charge is -2.08. The molecule has 0 bridgehead atoms. The number of aryl methyl sites for hydroxylation is 1. The van der Waals surface area contributed by atoms with E-state index in [1.54, 1.807) is 13.8 Å². The molecule has 0 fully saturated rings. The lowest BCUT2D eigenvalue weighted by Crippen LogP contribution is -2.32. The fourth-order valence-electron chi connectivity index (χ4n) is 0.919. The number of hydrogen-bond donors (Lipinski definition) is 3. The van der Waals surface area contributed by atoms with E-state index in [-0.39, 0.29) is 18.5 Å². The van der Waals surface area contributed by atoms with Crippen molar-refractivity contribution in [3.63, 3.8) is 0 Å². The summed E-state index contributed by atoms with van der Waals surface area (Å²) in [5, 5.41) is 9.26. The first kappa shape index (κ1) is 9.66. The summed E-state index contributed by atoms with van der Waals surface area (Å²) in [6, 6.07) is -0.207. The molecular weight excluding hydrogens is 170 g/mol. The van der Waals surface area contributed by atoms with Gasteiger partial charge in [0, 0.05) is 0 Å². The number of hydrogen-bond acceptors (Lipinski definition) is 4. The summed E-state index contributed by atoms with van der Waals surface area (Å²) in [5.41, 5.74) is 5.14. The fourth-order valence-corrected chi connectivity index (χ4v) is 0.919. The summed E-state index contributed by atoms with van der Waals surface area (Å²) in [6.45, 7) is 3.58. The van der Waals surface area contributed by atoms with Gasteiger partial charge in [0.05, 0.1) is 12.6 Å². The lowest BCUT2D eigenvalue weighted by molar-refractivity contribution is -0.120. The van der Waals surface area contributed by atoms with Crippen LogP contribution in [0.4, 0.5) is 0 Å². The molecule has 0 aromatic carbocycles. The van der Waals surface area contributed by atoms with Crippen LogP contribution in [0.2, 0.25) is 0 Å². The predicted octanol–water partition coefficient (Wildman–Crippen LogP) is -0.751. The third-order valence-corrected chi connectivity index (χ3v) is 1.56. The number of amides is 1.